The summed E-state index contributed by atoms with van der Waals surface area (Å²) in [6.07, 6.45) is 3.00. The van der Waals surface area contributed by atoms with Crippen molar-refractivity contribution in [3.05, 3.63) is 16.1 Å². The normalized spacial score (nSPS) is 24.4. The fourth-order valence-corrected chi connectivity index (χ4v) is 3.30. The van der Waals surface area contributed by atoms with Gasteiger partial charge in [0.25, 0.3) is 0 Å². The molecule has 18 heavy (non-hydrogen) atoms. The first kappa shape index (κ1) is 13.6. The number of nitrogens with zero attached hydrogens (tertiary/aromatic N) is 2. The van der Waals surface area contributed by atoms with Gasteiger partial charge in [-0.2, -0.15) is 0 Å². The van der Waals surface area contributed by atoms with Crippen molar-refractivity contribution in [2.45, 2.75) is 26.3 Å². The van der Waals surface area contributed by atoms with Crippen molar-refractivity contribution in [3.63, 3.8) is 0 Å². The molecule has 0 aromatic carbocycles. The molecule has 1 unspecified atom stereocenters. The van der Waals surface area contributed by atoms with Crippen molar-refractivity contribution in [1.82, 2.24) is 9.88 Å². The molecule has 0 radical (unpaired) electrons. The Bertz CT molecular complexity index is 399. The van der Waals surface area contributed by atoms with Gasteiger partial charge in [0.1, 0.15) is 6.29 Å². The van der Waals surface area contributed by atoms with Crippen LogP contribution >= 0.6 is 11.3 Å². The summed E-state index contributed by atoms with van der Waals surface area (Å²) in [5.74, 6) is 0. The van der Waals surface area contributed by atoms with E-state index in [-0.39, 0.29) is 5.41 Å². The average Bonchev–Trinajstić information content (AvgIpc) is 2.76. The molecule has 2 rings (SSSR count). The summed E-state index contributed by atoms with van der Waals surface area (Å²) >= 11 is 1.67. The lowest BCUT2D eigenvalue weighted by molar-refractivity contribution is -0.125. The molecule has 100 valence electrons. The van der Waals surface area contributed by atoms with Crippen LogP contribution < -0.4 is 0 Å². The number of aldehydes is 1. The average molecular weight is 268 g/mol. The van der Waals surface area contributed by atoms with Crippen LogP contribution in [0.5, 0.6) is 0 Å². The van der Waals surface area contributed by atoms with Gasteiger partial charge in [-0.1, -0.05) is 0 Å². The van der Waals surface area contributed by atoms with Crippen molar-refractivity contribution >= 4 is 17.6 Å². The number of aryl methyl sites for hydroxylation is 1. The fraction of sp³-hybridized carbons (Fsp3) is 0.692. The molecule has 4 nitrogen and oxygen atoms in total. The van der Waals surface area contributed by atoms with Gasteiger partial charge in [0.15, 0.2) is 0 Å². The lowest BCUT2D eigenvalue weighted by Gasteiger charge is -2.35. The molecule has 0 bridgehead atoms. The standard InChI is InChI=1S/C13H20N2O2S/c1-11-12(18-10-14-11)6-15(2)7-13(8-16)4-3-5-17-9-13/h8,10H,3-7,9H2,1-2H3. The number of hydrogen-bond acceptors (Lipinski definition) is 5. The van der Waals surface area contributed by atoms with Crippen LogP contribution in [-0.4, -0.2) is 43.0 Å². The second-order valence-corrected chi connectivity index (χ2v) is 6.11. The van der Waals surface area contributed by atoms with Gasteiger partial charge in [-0.05, 0) is 26.8 Å². The molecule has 1 saturated heterocycles. The highest BCUT2D eigenvalue weighted by molar-refractivity contribution is 7.09. The van der Waals surface area contributed by atoms with Crippen molar-refractivity contribution in [2.75, 3.05) is 26.8 Å². The minimum Gasteiger partial charge on any atom is -0.380 e. The van der Waals surface area contributed by atoms with Gasteiger partial charge in [-0.15, -0.1) is 11.3 Å². The third-order valence-corrected chi connectivity index (χ3v) is 4.37. The Hall–Kier alpha value is -0.780. The quantitative estimate of drug-likeness (QED) is 0.765. The number of carbonyl (C=O) groups is 1. The second kappa shape index (κ2) is 5.91. The fourth-order valence-electron chi connectivity index (χ4n) is 2.45. The van der Waals surface area contributed by atoms with Crippen molar-refractivity contribution < 1.29 is 9.53 Å². The van der Waals surface area contributed by atoms with E-state index in [0.717, 1.165) is 44.5 Å². The Morgan fingerprint density at radius 2 is 2.50 bits per heavy atom. The number of hydrogen-bond donors (Lipinski definition) is 0. The molecule has 1 fully saturated rings. The first-order chi connectivity index (χ1) is 8.65. The number of aromatic nitrogens is 1. The maximum Gasteiger partial charge on any atom is 0.129 e. The van der Waals surface area contributed by atoms with E-state index in [4.69, 9.17) is 4.74 Å². The minimum absolute atomic E-state index is 0.314. The number of carbonyl (C=O) groups excluding carboxylic acids is 1. The third kappa shape index (κ3) is 3.16. The van der Waals surface area contributed by atoms with Crippen LogP contribution in [0, 0.1) is 12.3 Å². The van der Waals surface area contributed by atoms with Crippen LogP contribution in [0.1, 0.15) is 23.4 Å². The lowest BCUT2D eigenvalue weighted by Crippen LogP contribution is -2.42. The van der Waals surface area contributed by atoms with E-state index in [1.807, 2.05) is 12.4 Å². The van der Waals surface area contributed by atoms with Crippen LogP contribution in [0.15, 0.2) is 5.51 Å². The number of thiazole rings is 1. The summed E-state index contributed by atoms with van der Waals surface area (Å²) in [4.78, 5) is 19.1. The van der Waals surface area contributed by atoms with Crippen LogP contribution in [-0.2, 0) is 16.1 Å². The maximum atomic E-state index is 11.4. The minimum atomic E-state index is -0.314. The molecule has 1 aromatic rings. The summed E-state index contributed by atoms with van der Waals surface area (Å²) < 4.78 is 5.47. The topological polar surface area (TPSA) is 42.4 Å². The molecular weight excluding hydrogens is 248 g/mol. The summed E-state index contributed by atoms with van der Waals surface area (Å²) in [6, 6.07) is 0. The van der Waals surface area contributed by atoms with Crippen molar-refractivity contribution in [1.29, 1.82) is 0 Å². The molecule has 0 saturated carbocycles. The summed E-state index contributed by atoms with van der Waals surface area (Å²) in [5.41, 5.74) is 2.65. The van der Waals surface area contributed by atoms with Gasteiger partial charge in [0.05, 0.1) is 23.2 Å². The SMILES string of the molecule is Cc1ncsc1CN(C)CC1(C=O)CCCOC1. The smallest absolute Gasteiger partial charge is 0.129 e. The van der Waals surface area contributed by atoms with Gasteiger partial charge < -0.3 is 14.4 Å². The Morgan fingerprint density at radius 3 is 3.06 bits per heavy atom. The molecule has 2 heterocycles. The lowest BCUT2D eigenvalue weighted by atomic mass is 9.83. The van der Waals surface area contributed by atoms with E-state index >= 15 is 0 Å². The van der Waals surface area contributed by atoms with Crippen LogP contribution in [0.3, 0.4) is 0 Å². The summed E-state index contributed by atoms with van der Waals surface area (Å²) in [5, 5.41) is 0. The summed E-state index contributed by atoms with van der Waals surface area (Å²) in [6.45, 7) is 4.98. The van der Waals surface area contributed by atoms with E-state index in [1.54, 1.807) is 11.3 Å². The molecule has 0 amide bonds. The van der Waals surface area contributed by atoms with Gasteiger partial charge in [0, 0.05) is 24.6 Å². The molecule has 1 aliphatic heterocycles. The molecule has 0 aliphatic carbocycles. The van der Waals surface area contributed by atoms with E-state index < -0.39 is 0 Å². The molecule has 0 N–H and O–H groups in total. The number of rotatable bonds is 5. The van der Waals surface area contributed by atoms with Crippen LogP contribution in [0.4, 0.5) is 0 Å². The van der Waals surface area contributed by atoms with Crippen LogP contribution in [0.25, 0.3) is 0 Å². The first-order valence-electron chi connectivity index (χ1n) is 6.27. The van der Waals surface area contributed by atoms with Crippen molar-refractivity contribution in [2.24, 2.45) is 5.41 Å². The van der Waals surface area contributed by atoms with Crippen LogP contribution in [0.2, 0.25) is 0 Å². The van der Waals surface area contributed by atoms with Gasteiger partial charge in [-0.25, -0.2) is 4.98 Å². The van der Waals surface area contributed by atoms with Gasteiger partial charge in [0.2, 0.25) is 0 Å². The largest absolute Gasteiger partial charge is 0.380 e. The van der Waals surface area contributed by atoms with E-state index in [2.05, 4.69) is 16.9 Å². The highest BCUT2D eigenvalue weighted by atomic mass is 32.1. The summed E-state index contributed by atoms with van der Waals surface area (Å²) in [7, 11) is 2.05. The maximum absolute atomic E-state index is 11.4. The predicted molar refractivity (Wildman–Crippen MR) is 71.7 cm³/mol. The number of ether oxygens (including phenoxy) is 1. The Labute approximate surface area is 112 Å². The molecule has 0 spiro atoms. The highest BCUT2D eigenvalue weighted by Crippen LogP contribution is 2.28. The third-order valence-electron chi connectivity index (χ3n) is 3.45. The molecular formula is C13H20N2O2S. The first-order valence-corrected chi connectivity index (χ1v) is 7.15. The van der Waals surface area contributed by atoms with E-state index in [1.165, 1.54) is 4.88 Å². The molecule has 5 heteroatoms. The molecule has 1 aromatic heterocycles. The highest BCUT2D eigenvalue weighted by Gasteiger charge is 2.33. The van der Waals surface area contributed by atoms with Gasteiger partial charge in [-0.3, -0.25) is 0 Å². The monoisotopic (exact) mass is 268 g/mol. The Balaban J connectivity index is 1.95. The Morgan fingerprint density at radius 1 is 1.67 bits per heavy atom. The predicted octanol–water partition coefficient (Wildman–Crippen LogP) is 1.88. The zero-order valence-electron chi connectivity index (χ0n) is 11.0. The Kier molecular flexibility index (Phi) is 4.48. The van der Waals surface area contributed by atoms with E-state index in [9.17, 15) is 4.79 Å². The van der Waals surface area contributed by atoms with Crippen molar-refractivity contribution in [3.8, 4) is 0 Å². The van der Waals surface area contributed by atoms with E-state index in [0.29, 0.717) is 6.61 Å². The zero-order valence-corrected chi connectivity index (χ0v) is 11.8. The zero-order chi connectivity index (χ0) is 13.0. The second-order valence-electron chi connectivity index (χ2n) is 5.17. The van der Waals surface area contributed by atoms with Gasteiger partial charge >= 0.3 is 0 Å². The molecule has 1 aliphatic rings. The molecule has 1 atom stereocenters.